The summed E-state index contributed by atoms with van der Waals surface area (Å²) in [5, 5.41) is 9.97. The summed E-state index contributed by atoms with van der Waals surface area (Å²) in [6, 6.07) is 19.8. The molecule has 2 aromatic carbocycles. The van der Waals surface area contributed by atoms with Gasteiger partial charge in [-0.15, -0.1) is 0 Å². The van der Waals surface area contributed by atoms with Gasteiger partial charge in [0.1, 0.15) is 16.4 Å². The molecule has 1 saturated heterocycles. The summed E-state index contributed by atoms with van der Waals surface area (Å²) in [6.07, 6.45) is 5.22. The minimum Gasteiger partial charge on any atom is -0.497 e. The molecular weight excluding hydrogens is 592 g/mol. The second-order valence-electron chi connectivity index (χ2n) is 10.7. The Labute approximate surface area is 263 Å². The highest BCUT2D eigenvalue weighted by molar-refractivity contribution is 7.93. The first-order valence-corrected chi connectivity index (χ1v) is 16.1. The third-order valence-corrected chi connectivity index (χ3v) is 10.3. The van der Waals surface area contributed by atoms with Crippen LogP contribution in [-0.2, 0) is 15.6 Å². The summed E-state index contributed by atoms with van der Waals surface area (Å²) in [5.41, 5.74) is 2.40. The van der Waals surface area contributed by atoms with Gasteiger partial charge in [0, 0.05) is 67.7 Å². The molecule has 0 N–H and O–H groups in total. The molecule has 12 heteroatoms. The predicted molar refractivity (Wildman–Crippen MR) is 169 cm³/mol. The highest BCUT2D eigenvalue weighted by Gasteiger charge is 2.54. The maximum absolute atomic E-state index is 14.6. The molecule has 4 heterocycles. The number of piperazine rings is 1. The van der Waals surface area contributed by atoms with Crippen LogP contribution in [0.1, 0.15) is 23.6 Å². The van der Waals surface area contributed by atoms with Crippen LogP contribution in [-0.4, -0.2) is 76.8 Å². The molecule has 232 valence electrons. The van der Waals surface area contributed by atoms with Crippen molar-refractivity contribution in [2.24, 2.45) is 0 Å². The molecule has 0 amide bonds. The Kier molecular flexibility index (Phi) is 8.22. The van der Waals surface area contributed by atoms with Crippen molar-refractivity contribution < 1.29 is 22.6 Å². The zero-order valence-corrected chi connectivity index (χ0v) is 26.2. The molecule has 2 aliphatic rings. The molecule has 0 aliphatic carbocycles. The summed E-state index contributed by atoms with van der Waals surface area (Å²) >= 11 is 0. The lowest BCUT2D eigenvalue weighted by Gasteiger charge is -2.47. The lowest BCUT2D eigenvalue weighted by atomic mass is 9.82. The van der Waals surface area contributed by atoms with Crippen LogP contribution in [0.2, 0.25) is 0 Å². The fourth-order valence-electron chi connectivity index (χ4n) is 6.38. The Bertz CT molecular complexity index is 1840. The van der Waals surface area contributed by atoms with E-state index in [9.17, 15) is 13.7 Å². The average Bonchev–Trinajstić information content (AvgIpc) is 3.45. The SMILES string of the molecule is CCOc1ncccc1C1(N2CCN(c3ccncc3)CC2)CN(S(=O)(=O)c2ccc(OC)cc2OC)c2ccc(C#N)cc21. The van der Waals surface area contributed by atoms with Gasteiger partial charge >= 0.3 is 0 Å². The maximum Gasteiger partial charge on any atom is 0.268 e. The number of sulfonamides is 1. The van der Waals surface area contributed by atoms with Crippen molar-refractivity contribution in [1.82, 2.24) is 14.9 Å². The number of rotatable bonds is 9. The summed E-state index contributed by atoms with van der Waals surface area (Å²) in [6.45, 7) is 4.92. The lowest BCUT2D eigenvalue weighted by Crippen LogP contribution is -2.58. The number of ether oxygens (including phenoxy) is 3. The second-order valence-corrected chi connectivity index (χ2v) is 12.5. The summed E-state index contributed by atoms with van der Waals surface area (Å²) < 4.78 is 47.6. The smallest absolute Gasteiger partial charge is 0.268 e. The highest BCUT2D eigenvalue weighted by Crippen LogP contribution is 2.52. The highest BCUT2D eigenvalue weighted by atomic mass is 32.2. The van der Waals surface area contributed by atoms with Crippen LogP contribution in [0.15, 0.2) is 84.1 Å². The van der Waals surface area contributed by atoms with Crippen LogP contribution in [0.4, 0.5) is 11.4 Å². The zero-order chi connectivity index (χ0) is 31.6. The first-order valence-electron chi connectivity index (χ1n) is 14.6. The molecule has 1 unspecified atom stereocenters. The van der Waals surface area contributed by atoms with E-state index in [-0.39, 0.29) is 17.2 Å². The standard InChI is InChI=1S/C33H34N6O5S/c1-4-44-32-27(6-5-13-36-32)33(38-18-16-37(17-19-38)25-11-14-35-15-12-25)23-39(29-9-7-24(22-34)20-28(29)33)45(40,41)31-10-8-26(42-2)21-30(31)43-3/h5-15,20-21H,4,16-19,23H2,1-3H3. The van der Waals surface area contributed by atoms with Crippen LogP contribution >= 0.6 is 0 Å². The van der Waals surface area contributed by atoms with Gasteiger partial charge in [-0.05, 0) is 61.5 Å². The number of aromatic nitrogens is 2. The van der Waals surface area contributed by atoms with Gasteiger partial charge in [0.05, 0.1) is 50.2 Å². The number of methoxy groups -OCH3 is 2. The van der Waals surface area contributed by atoms with E-state index < -0.39 is 15.6 Å². The monoisotopic (exact) mass is 626 g/mol. The van der Waals surface area contributed by atoms with E-state index >= 15 is 0 Å². The summed E-state index contributed by atoms with van der Waals surface area (Å²) in [7, 11) is -1.23. The van der Waals surface area contributed by atoms with Crippen molar-refractivity contribution in [3.8, 4) is 23.4 Å². The molecule has 1 atom stereocenters. The van der Waals surface area contributed by atoms with Crippen molar-refractivity contribution in [2.45, 2.75) is 17.4 Å². The third-order valence-electron chi connectivity index (χ3n) is 8.50. The molecular formula is C33H34N6O5S. The molecule has 6 rings (SSSR count). The number of hydrogen-bond donors (Lipinski definition) is 0. The zero-order valence-electron chi connectivity index (χ0n) is 25.4. The minimum atomic E-state index is -4.17. The Morgan fingerprint density at radius 3 is 2.40 bits per heavy atom. The van der Waals surface area contributed by atoms with Crippen LogP contribution in [0.3, 0.4) is 0 Å². The summed E-state index contributed by atoms with van der Waals surface area (Å²) in [4.78, 5) is 13.3. The Morgan fingerprint density at radius 1 is 0.933 bits per heavy atom. The minimum absolute atomic E-state index is 0.00985. The largest absolute Gasteiger partial charge is 0.497 e. The van der Waals surface area contributed by atoms with Crippen molar-refractivity contribution in [3.05, 3.63) is 95.9 Å². The van der Waals surface area contributed by atoms with Crippen LogP contribution in [0.5, 0.6) is 17.4 Å². The fraction of sp³-hybridized carbons (Fsp3) is 0.303. The lowest BCUT2D eigenvalue weighted by molar-refractivity contribution is 0.123. The van der Waals surface area contributed by atoms with E-state index in [2.05, 4.69) is 25.8 Å². The number of benzene rings is 2. The number of nitrogens with zero attached hydrogens (tertiary/aromatic N) is 6. The van der Waals surface area contributed by atoms with Crippen molar-refractivity contribution in [1.29, 1.82) is 5.26 Å². The van der Waals surface area contributed by atoms with E-state index in [1.807, 2.05) is 31.2 Å². The van der Waals surface area contributed by atoms with Gasteiger partial charge in [-0.3, -0.25) is 14.2 Å². The first-order chi connectivity index (χ1) is 21.9. The second kappa shape index (κ2) is 12.3. The van der Waals surface area contributed by atoms with Gasteiger partial charge in [0.15, 0.2) is 0 Å². The van der Waals surface area contributed by atoms with Gasteiger partial charge in [-0.1, -0.05) is 0 Å². The van der Waals surface area contributed by atoms with Crippen molar-refractivity contribution in [3.63, 3.8) is 0 Å². The van der Waals surface area contributed by atoms with Gasteiger partial charge < -0.3 is 19.1 Å². The molecule has 0 saturated carbocycles. The topological polar surface area (TPSA) is 121 Å². The molecule has 0 spiro atoms. The van der Waals surface area contributed by atoms with Crippen molar-refractivity contribution >= 4 is 21.4 Å². The Balaban J connectivity index is 1.53. The third kappa shape index (κ3) is 5.18. The number of hydrogen-bond acceptors (Lipinski definition) is 10. The molecule has 4 aromatic rings. The van der Waals surface area contributed by atoms with E-state index in [0.717, 1.165) is 11.3 Å². The van der Waals surface area contributed by atoms with Crippen LogP contribution < -0.4 is 23.4 Å². The quantitative estimate of drug-likeness (QED) is 0.269. The molecule has 0 bridgehead atoms. The molecule has 45 heavy (non-hydrogen) atoms. The molecule has 2 aromatic heterocycles. The van der Waals surface area contributed by atoms with E-state index in [1.165, 1.54) is 24.6 Å². The van der Waals surface area contributed by atoms with Gasteiger partial charge in [0.25, 0.3) is 10.0 Å². The van der Waals surface area contributed by atoms with Crippen LogP contribution in [0.25, 0.3) is 0 Å². The number of nitriles is 1. The van der Waals surface area contributed by atoms with Gasteiger partial charge in [0.2, 0.25) is 5.88 Å². The Hall–Kier alpha value is -4.86. The number of anilines is 2. The number of pyridine rings is 2. The molecule has 2 aliphatic heterocycles. The molecule has 0 radical (unpaired) electrons. The van der Waals surface area contributed by atoms with E-state index in [1.54, 1.807) is 48.9 Å². The van der Waals surface area contributed by atoms with E-state index in [0.29, 0.717) is 61.2 Å². The van der Waals surface area contributed by atoms with Crippen molar-refractivity contribution in [2.75, 3.05) is 62.8 Å². The molecule has 11 nitrogen and oxygen atoms in total. The fourth-order valence-corrected chi connectivity index (χ4v) is 8.03. The number of fused-ring (bicyclic) bond motifs is 1. The maximum atomic E-state index is 14.6. The van der Waals surface area contributed by atoms with Gasteiger partial charge in [-0.2, -0.15) is 5.26 Å². The Morgan fingerprint density at radius 2 is 1.71 bits per heavy atom. The first kappa shape index (κ1) is 30.2. The predicted octanol–water partition coefficient (Wildman–Crippen LogP) is 4.04. The summed E-state index contributed by atoms with van der Waals surface area (Å²) in [5.74, 6) is 1.07. The average molecular weight is 627 g/mol. The van der Waals surface area contributed by atoms with Gasteiger partial charge in [-0.25, -0.2) is 13.4 Å². The normalized spacial score (nSPS) is 18.3. The van der Waals surface area contributed by atoms with E-state index in [4.69, 9.17) is 14.2 Å². The van der Waals surface area contributed by atoms with Crippen LogP contribution in [0, 0.1) is 11.3 Å². The molecule has 1 fully saturated rings.